The predicted octanol–water partition coefficient (Wildman–Crippen LogP) is 3.26. The number of carbonyl (C=O) groups excluding carboxylic acids is 1. The number of likely N-dealkylation sites (N-methyl/N-ethyl adjacent to an activating group) is 1. The van der Waals surface area contributed by atoms with E-state index in [4.69, 9.17) is 10.5 Å². The zero-order chi connectivity index (χ0) is 21.3. The van der Waals surface area contributed by atoms with E-state index in [9.17, 15) is 10.1 Å². The van der Waals surface area contributed by atoms with Gasteiger partial charge in [-0.25, -0.2) is 4.99 Å². The molecule has 7 nitrogen and oxygen atoms in total. The van der Waals surface area contributed by atoms with E-state index in [2.05, 4.69) is 11.1 Å². The number of carbonyl (C=O) groups is 1. The summed E-state index contributed by atoms with van der Waals surface area (Å²) < 4.78 is 5.34. The number of hydrogen-bond acceptors (Lipinski definition) is 7. The van der Waals surface area contributed by atoms with Crippen LogP contribution in [0.15, 0.2) is 45.2 Å². The molecule has 2 aliphatic heterocycles. The van der Waals surface area contributed by atoms with Gasteiger partial charge in [0.15, 0.2) is 5.17 Å². The number of nitrogens with two attached hydrogens (primary N) is 1. The topological polar surface area (TPSA) is 95.0 Å². The van der Waals surface area contributed by atoms with E-state index in [0.29, 0.717) is 40.3 Å². The summed E-state index contributed by atoms with van der Waals surface area (Å²) in [4.78, 5) is 22.1. The van der Waals surface area contributed by atoms with Crippen LogP contribution in [-0.4, -0.2) is 41.1 Å². The highest BCUT2D eigenvalue weighted by atomic mass is 32.2. The Hall–Kier alpha value is -2.92. The lowest BCUT2D eigenvalue weighted by Crippen LogP contribution is -2.42. The van der Waals surface area contributed by atoms with E-state index in [1.807, 2.05) is 50.8 Å². The van der Waals surface area contributed by atoms with Crippen LogP contribution in [-0.2, 0) is 4.79 Å². The number of benzene rings is 1. The maximum absolute atomic E-state index is 13.5. The fourth-order valence-corrected chi connectivity index (χ4v) is 4.59. The maximum atomic E-state index is 13.5. The molecule has 8 heteroatoms. The quantitative estimate of drug-likeness (QED) is 0.799. The molecule has 3 rings (SSSR count). The Morgan fingerprint density at radius 3 is 2.62 bits per heavy atom. The lowest BCUT2D eigenvalue weighted by Gasteiger charge is -2.37. The molecule has 1 aromatic rings. The van der Waals surface area contributed by atoms with Gasteiger partial charge in [0.2, 0.25) is 0 Å². The number of aryl methyl sites for hydroxylation is 1. The second-order valence-corrected chi connectivity index (χ2v) is 7.77. The fraction of sp³-hybridized carbons (Fsp3) is 0.381. The molecule has 152 valence electrons. The Kier molecular flexibility index (Phi) is 5.89. The average Bonchev–Trinajstić information content (AvgIpc) is 3.03. The molecule has 0 saturated carbocycles. The molecule has 2 aliphatic rings. The Labute approximate surface area is 175 Å². The Morgan fingerprint density at radius 1 is 1.38 bits per heavy atom. The van der Waals surface area contributed by atoms with Crippen molar-refractivity contribution in [3.63, 3.8) is 0 Å². The lowest BCUT2D eigenvalue weighted by atomic mass is 9.90. The van der Waals surface area contributed by atoms with Gasteiger partial charge in [-0.1, -0.05) is 6.07 Å². The molecule has 1 aromatic carbocycles. The van der Waals surface area contributed by atoms with Crippen molar-refractivity contribution in [2.24, 2.45) is 10.7 Å². The van der Waals surface area contributed by atoms with Crippen LogP contribution in [0.5, 0.6) is 5.75 Å². The molecule has 0 radical (unpaired) electrons. The lowest BCUT2D eigenvalue weighted by molar-refractivity contribution is -0.127. The zero-order valence-electron chi connectivity index (χ0n) is 17.3. The number of allylic oxidation sites excluding steroid dienone is 2. The first kappa shape index (κ1) is 20.8. The molecule has 0 spiro atoms. The number of nitrogens with zero attached hydrogens (tertiary/aromatic N) is 4. The van der Waals surface area contributed by atoms with Crippen molar-refractivity contribution in [1.82, 2.24) is 9.80 Å². The summed E-state index contributed by atoms with van der Waals surface area (Å²) in [6, 6.07) is 7.44. The number of rotatable bonds is 5. The van der Waals surface area contributed by atoms with Crippen molar-refractivity contribution in [3.05, 3.63) is 51.3 Å². The number of amides is 1. The van der Waals surface area contributed by atoms with E-state index in [1.165, 1.54) is 11.8 Å². The van der Waals surface area contributed by atoms with Crippen molar-refractivity contribution in [3.8, 4) is 11.8 Å². The smallest absolute Gasteiger partial charge is 0.254 e. The predicted molar refractivity (Wildman–Crippen MR) is 115 cm³/mol. The number of fused-ring (bicyclic) bond motifs is 1. The normalized spacial score (nSPS) is 18.4. The molecule has 0 saturated heterocycles. The second kappa shape index (κ2) is 8.21. The van der Waals surface area contributed by atoms with Gasteiger partial charge in [0.25, 0.3) is 5.91 Å². The molecule has 0 fully saturated rings. The van der Waals surface area contributed by atoms with Gasteiger partial charge in [0.1, 0.15) is 22.5 Å². The minimum atomic E-state index is -0.458. The summed E-state index contributed by atoms with van der Waals surface area (Å²) in [5.41, 5.74) is 9.46. The molecule has 1 atom stereocenters. The average molecular weight is 412 g/mol. The largest absolute Gasteiger partial charge is 0.497 e. The first-order valence-electron chi connectivity index (χ1n) is 9.48. The minimum absolute atomic E-state index is 0.0706. The molecule has 1 amide bonds. The summed E-state index contributed by atoms with van der Waals surface area (Å²) in [5, 5.41) is 10.1. The van der Waals surface area contributed by atoms with Gasteiger partial charge in [-0.15, -0.1) is 0 Å². The van der Waals surface area contributed by atoms with E-state index in [-0.39, 0.29) is 5.91 Å². The van der Waals surface area contributed by atoms with Crippen LogP contribution in [0.4, 0.5) is 0 Å². The monoisotopic (exact) mass is 411 g/mol. The Bertz CT molecular complexity index is 985. The van der Waals surface area contributed by atoms with Gasteiger partial charge >= 0.3 is 0 Å². The van der Waals surface area contributed by atoms with Gasteiger partial charge in [0, 0.05) is 13.1 Å². The summed E-state index contributed by atoms with van der Waals surface area (Å²) in [6.45, 7) is 8.92. The molecule has 0 bridgehead atoms. The number of ether oxygens (including phenoxy) is 1. The van der Waals surface area contributed by atoms with Gasteiger partial charge in [-0.3, -0.25) is 9.69 Å². The molecule has 0 aliphatic carbocycles. The summed E-state index contributed by atoms with van der Waals surface area (Å²) >= 11 is 1.24. The SMILES string of the molecule is CCN(CC)C(=O)C1=C(C)N=C2SC(C#N)=C(N)N2[C@H]1c1ccc(OC)cc1C. The minimum Gasteiger partial charge on any atom is -0.497 e. The number of thioether (sulfide) groups is 1. The first-order valence-corrected chi connectivity index (χ1v) is 10.3. The highest BCUT2D eigenvalue weighted by Gasteiger charge is 2.43. The molecular weight excluding hydrogens is 386 g/mol. The van der Waals surface area contributed by atoms with E-state index < -0.39 is 6.04 Å². The number of aliphatic imine (C=N–C) groups is 1. The van der Waals surface area contributed by atoms with Crippen LogP contribution in [0.3, 0.4) is 0 Å². The highest BCUT2D eigenvalue weighted by Crippen LogP contribution is 2.46. The molecule has 29 heavy (non-hydrogen) atoms. The van der Waals surface area contributed by atoms with Gasteiger partial charge in [-0.05, 0) is 62.7 Å². The maximum Gasteiger partial charge on any atom is 0.254 e. The van der Waals surface area contributed by atoms with Crippen molar-refractivity contribution in [2.45, 2.75) is 33.7 Å². The van der Waals surface area contributed by atoms with Gasteiger partial charge in [0.05, 0.1) is 24.4 Å². The number of hydrogen-bond donors (Lipinski definition) is 1. The molecule has 2 N–H and O–H groups in total. The van der Waals surface area contributed by atoms with Crippen molar-refractivity contribution >= 4 is 22.8 Å². The molecular formula is C21H25N5O2S. The third-order valence-electron chi connectivity index (χ3n) is 5.23. The van der Waals surface area contributed by atoms with Crippen LogP contribution in [0.1, 0.15) is 37.9 Å². The molecule has 0 unspecified atom stereocenters. The number of amidine groups is 1. The van der Waals surface area contributed by atoms with Crippen LogP contribution >= 0.6 is 11.8 Å². The molecule has 2 heterocycles. The summed E-state index contributed by atoms with van der Waals surface area (Å²) in [5.74, 6) is 0.998. The van der Waals surface area contributed by atoms with Crippen molar-refractivity contribution in [2.75, 3.05) is 20.2 Å². The van der Waals surface area contributed by atoms with E-state index in [0.717, 1.165) is 16.9 Å². The summed E-state index contributed by atoms with van der Waals surface area (Å²) in [7, 11) is 1.62. The van der Waals surface area contributed by atoms with Gasteiger partial charge < -0.3 is 15.4 Å². The third kappa shape index (κ3) is 3.47. The highest BCUT2D eigenvalue weighted by molar-refractivity contribution is 8.17. The number of nitriles is 1. The zero-order valence-corrected chi connectivity index (χ0v) is 18.1. The van der Waals surface area contributed by atoms with Crippen LogP contribution in [0, 0.1) is 18.3 Å². The van der Waals surface area contributed by atoms with Crippen molar-refractivity contribution in [1.29, 1.82) is 5.26 Å². The van der Waals surface area contributed by atoms with E-state index in [1.54, 1.807) is 12.0 Å². The van der Waals surface area contributed by atoms with E-state index >= 15 is 0 Å². The number of methoxy groups -OCH3 is 1. The van der Waals surface area contributed by atoms with Crippen molar-refractivity contribution < 1.29 is 9.53 Å². The first-order chi connectivity index (χ1) is 13.9. The van der Waals surface area contributed by atoms with Crippen LogP contribution < -0.4 is 10.5 Å². The molecule has 0 aromatic heterocycles. The second-order valence-electron chi connectivity index (χ2n) is 6.79. The van der Waals surface area contributed by atoms with Crippen LogP contribution in [0.25, 0.3) is 0 Å². The van der Waals surface area contributed by atoms with Gasteiger partial charge in [-0.2, -0.15) is 5.26 Å². The van der Waals surface area contributed by atoms with Crippen LogP contribution in [0.2, 0.25) is 0 Å². The standard InChI is InChI=1S/C21H25N5O2S/c1-6-25(7-2)20(27)17-13(4)24-21-26(19(23)16(11-22)29-21)18(17)15-9-8-14(28-5)10-12(15)3/h8-10,18H,6-7,23H2,1-5H3/t18-/m0/s1. The Balaban J connectivity index is 2.23. The fourth-order valence-electron chi connectivity index (χ4n) is 3.67. The Morgan fingerprint density at radius 2 is 2.07 bits per heavy atom. The summed E-state index contributed by atoms with van der Waals surface area (Å²) in [6.07, 6.45) is 0. The third-order valence-corrected chi connectivity index (χ3v) is 6.21.